The molecule has 0 aliphatic rings. The highest BCUT2D eigenvalue weighted by Gasteiger charge is 2.13. The molecule has 2 N–H and O–H groups in total. The predicted octanol–water partition coefficient (Wildman–Crippen LogP) is 2.55. The van der Waals surface area contributed by atoms with Crippen LogP contribution >= 0.6 is 0 Å². The lowest BCUT2D eigenvalue weighted by Crippen LogP contribution is -2.24. The van der Waals surface area contributed by atoms with Gasteiger partial charge in [0, 0.05) is 24.4 Å². The van der Waals surface area contributed by atoms with Gasteiger partial charge in [0.1, 0.15) is 5.76 Å². The van der Waals surface area contributed by atoms with Gasteiger partial charge in [-0.2, -0.15) is 0 Å². The third-order valence-corrected chi connectivity index (χ3v) is 3.28. The van der Waals surface area contributed by atoms with Crippen LogP contribution in [0.15, 0.2) is 34.9 Å². The third-order valence-electron chi connectivity index (χ3n) is 3.28. The molecule has 5 heteroatoms. The Balaban J connectivity index is 2.03. The Hall–Kier alpha value is -2.56. The Bertz CT molecular complexity index is 654. The number of hydrogen-bond donors (Lipinski definition) is 1. The fraction of sp³-hybridized carbons (Fsp3) is 0.250. The molecule has 0 saturated carbocycles. The number of nitrogens with zero attached hydrogens (tertiary/aromatic N) is 2. The van der Waals surface area contributed by atoms with Crippen LogP contribution in [0.2, 0.25) is 0 Å². The van der Waals surface area contributed by atoms with E-state index in [0.717, 1.165) is 22.6 Å². The Morgan fingerprint density at radius 2 is 2.19 bits per heavy atom. The maximum absolute atomic E-state index is 12.1. The van der Waals surface area contributed by atoms with Crippen molar-refractivity contribution < 1.29 is 9.32 Å². The van der Waals surface area contributed by atoms with Crippen molar-refractivity contribution in [3.63, 3.8) is 0 Å². The summed E-state index contributed by atoms with van der Waals surface area (Å²) in [6.45, 7) is 4.18. The fourth-order valence-corrected chi connectivity index (χ4v) is 2.00. The molecule has 0 spiro atoms. The van der Waals surface area contributed by atoms with Crippen LogP contribution in [-0.4, -0.2) is 23.0 Å². The van der Waals surface area contributed by atoms with E-state index >= 15 is 0 Å². The van der Waals surface area contributed by atoms with Crippen LogP contribution < -0.4 is 5.73 Å². The number of likely N-dealkylation sites (N-methyl/N-ethyl adjacent to an activating group) is 1. The van der Waals surface area contributed by atoms with Crippen LogP contribution in [0.4, 0.5) is 5.69 Å². The van der Waals surface area contributed by atoms with E-state index in [0.29, 0.717) is 12.2 Å². The molecule has 5 nitrogen and oxygen atoms in total. The number of carbonyl (C=O) groups excluding carboxylic acids is 1. The largest absolute Gasteiger partial charge is 0.399 e. The molecule has 0 fully saturated rings. The number of aromatic nitrogens is 1. The number of carbonyl (C=O) groups is 1. The van der Waals surface area contributed by atoms with Crippen LogP contribution in [-0.2, 0) is 11.3 Å². The zero-order chi connectivity index (χ0) is 15.4. The van der Waals surface area contributed by atoms with E-state index in [4.69, 9.17) is 10.3 Å². The summed E-state index contributed by atoms with van der Waals surface area (Å²) < 4.78 is 5.10. The van der Waals surface area contributed by atoms with Gasteiger partial charge in [0.05, 0.1) is 12.2 Å². The van der Waals surface area contributed by atoms with Crippen molar-refractivity contribution in [1.82, 2.24) is 10.1 Å². The number of benzene rings is 1. The van der Waals surface area contributed by atoms with E-state index in [1.165, 1.54) is 6.08 Å². The normalized spacial score (nSPS) is 11.0. The van der Waals surface area contributed by atoms with E-state index < -0.39 is 0 Å². The maximum atomic E-state index is 12.1. The van der Waals surface area contributed by atoms with Gasteiger partial charge in [-0.15, -0.1) is 0 Å². The molecule has 1 amide bonds. The highest BCUT2D eigenvalue weighted by atomic mass is 16.5. The SMILES string of the molecule is Cc1noc(C)c1CN(C)C(=O)/C=C/c1cccc(N)c1. The second-order valence-corrected chi connectivity index (χ2v) is 5.00. The molecule has 110 valence electrons. The van der Waals surface area contributed by atoms with Crippen molar-refractivity contribution in [2.24, 2.45) is 0 Å². The van der Waals surface area contributed by atoms with Crippen molar-refractivity contribution in [3.05, 3.63) is 52.9 Å². The lowest BCUT2D eigenvalue weighted by atomic mass is 10.1. The number of anilines is 1. The summed E-state index contributed by atoms with van der Waals surface area (Å²) in [4.78, 5) is 13.7. The zero-order valence-electron chi connectivity index (χ0n) is 12.5. The molecule has 0 aliphatic carbocycles. The molecule has 1 aromatic heterocycles. The highest BCUT2D eigenvalue weighted by Crippen LogP contribution is 2.14. The topological polar surface area (TPSA) is 72.4 Å². The monoisotopic (exact) mass is 285 g/mol. The van der Waals surface area contributed by atoms with Crippen molar-refractivity contribution in [2.45, 2.75) is 20.4 Å². The summed E-state index contributed by atoms with van der Waals surface area (Å²) in [6.07, 6.45) is 3.29. The van der Waals surface area contributed by atoms with Gasteiger partial charge in [-0.3, -0.25) is 4.79 Å². The summed E-state index contributed by atoms with van der Waals surface area (Å²) in [5, 5.41) is 3.89. The zero-order valence-corrected chi connectivity index (χ0v) is 12.5. The minimum atomic E-state index is -0.0857. The molecular formula is C16H19N3O2. The number of hydrogen-bond acceptors (Lipinski definition) is 4. The third kappa shape index (κ3) is 3.72. The van der Waals surface area contributed by atoms with Gasteiger partial charge in [0.25, 0.3) is 0 Å². The molecule has 1 heterocycles. The number of nitrogens with two attached hydrogens (primary N) is 1. The first-order chi connectivity index (χ1) is 9.97. The van der Waals surface area contributed by atoms with Crippen LogP contribution in [0.1, 0.15) is 22.6 Å². The van der Waals surface area contributed by atoms with Gasteiger partial charge in [-0.25, -0.2) is 0 Å². The molecule has 2 aromatic rings. The molecule has 0 radical (unpaired) electrons. The second-order valence-electron chi connectivity index (χ2n) is 5.00. The van der Waals surface area contributed by atoms with Crippen molar-refractivity contribution in [1.29, 1.82) is 0 Å². The summed E-state index contributed by atoms with van der Waals surface area (Å²) in [6, 6.07) is 7.38. The van der Waals surface area contributed by atoms with Crippen molar-refractivity contribution in [3.8, 4) is 0 Å². The Morgan fingerprint density at radius 3 is 2.81 bits per heavy atom. The molecule has 0 aliphatic heterocycles. The van der Waals surface area contributed by atoms with Gasteiger partial charge < -0.3 is 15.2 Å². The Labute approximate surface area is 124 Å². The molecule has 0 unspecified atom stereocenters. The predicted molar refractivity (Wildman–Crippen MR) is 82.3 cm³/mol. The quantitative estimate of drug-likeness (QED) is 0.692. The minimum Gasteiger partial charge on any atom is -0.399 e. The molecule has 0 bridgehead atoms. The summed E-state index contributed by atoms with van der Waals surface area (Å²) in [7, 11) is 1.75. The van der Waals surface area contributed by atoms with Crippen molar-refractivity contribution >= 4 is 17.7 Å². The number of rotatable bonds is 4. The number of aryl methyl sites for hydroxylation is 2. The van der Waals surface area contributed by atoms with Gasteiger partial charge in [-0.05, 0) is 37.6 Å². The summed E-state index contributed by atoms with van der Waals surface area (Å²) >= 11 is 0. The number of nitrogen functional groups attached to an aromatic ring is 1. The smallest absolute Gasteiger partial charge is 0.246 e. The molecule has 0 atom stereocenters. The number of amides is 1. The lowest BCUT2D eigenvalue weighted by molar-refractivity contribution is -0.125. The second kappa shape index (κ2) is 6.26. The van der Waals surface area contributed by atoms with Crippen LogP contribution in [0.5, 0.6) is 0 Å². The Kier molecular flexibility index (Phi) is 4.42. The van der Waals surface area contributed by atoms with Gasteiger partial charge in [0.2, 0.25) is 5.91 Å². The van der Waals surface area contributed by atoms with E-state index in [-0.39, 0.29) is 5.91 Å². The fourth-order valence-electron chi connectivity index (χ4n) is 2.00. The van der Waals surface area contributed by atoms with Crippen LogP contribution in [0.3, 0.4) is 0 Å². The first-order valence-electron chi connectivity index (χ1n) is 6.68. The summed E-state index contributed by atoms with van der Waals surface area (Å²) in [5.74, 6) is 0.657. The standard InChI is InChI=1S/C16H19N3O2/c1-11-15(12(2)21-18-11)10-19(3)16(20)8-7-13-5-4-6-14(17)9-13/h4-9H,10,17H2,1-3H3/b8-7+. The molecule has 2 rings (SSSR count). The molecular weight excluding hydrogens is 266 g/mol. The van der Waals surface area contributed by atoms with Gasteiger partial charge >= 0.3 is 0 Å². The lowest BCUT2D eigenvalue weighted by Gasteiger charge is -2.14. The van der Waals surface area contributed by atoms with E-state index in [2.05, 4.69) is 5.16 Å². The van der Waals surface area contributed by atoms with E-state index in [1.807, 2.05) is 38.1 Å². The molecule has 21 heavy (non-hydrogen) atoms. The van der Waals surface area contributed by atoms with Crippen molar-refractivity contribution in [2.75, 3.05) is 12.8 Å². The summed E-state index contributed by atoms with van der Waals surface area (Å²) in [5.41, 5.74) is 9.03. The minimum absolute atomic E-state index is 0.0857. The average molecular weight is 285 g/mol. The molecule has 0 saturated heterocycles. The van der Waals surface area contributed by atoms with Crippen LogP contribution in [0, 0.1) is 13.8 Å². The van der Waals surface area contributed by atoms with E-state index in [9.17, 15) is 4.79 Å². The van der Waals surface area contributed by atoms with Gasteiger partial charge in [0.15, 0.2) is 0 Å². The van der Waals surface area contributed by atoms with E-state index in [1.54, 1.807) is 18.0 Å². The maximum Gasteiger partial charge on any atom is 0.246 e. The first kappa shape index (κ1) is 14.8. The van der Waals surface area contributed by atoms with Gasteiger partial charge in [-0.1, -0.05) is 17.3 Å². The molecule has 1 aromatic carbocycles. The Morgan fingerprint density at radius 1 is 1.43 bits per heavy atom. The average Bonchev–Trinajstić information content (AvgIpc) is 2.76. The van der Waals surface area contributed by atoms with Crippen LogP contribution in [0.25, 0.3) is 6.08 Å². The first-order valence-corrected chi connectivity index (χ1v) is 6.68. The highest BCUT2D eigenvalue weighted by molar-refractivity contribution is 5.91.